The molecule has 0 aliphatic heterocycles. The molecule has 0 saturated carbocycles. The molecule has 0 heterocycles. The van der Waals surface area contributed by atoms with Crippen LogP contribution in [0.5, 0.6) is 11.5 Å². The van der Waals surface area contributed by atoms with Gasteiger partial charge in [-0.15, -0.1) is 0 Å². The smallest absolute Gasteiger partial charge is 0.405 e. The molecule has 0 spiro atoms. The number of hydrogen-bond acceptors (Lipinski definition) is 5. The summed E-state index contributed by atoms with van der Waals surface area (Å²) >= 11 is 5.90. The number of nitrogens with one attached hydrogen (secondary N) is 1. The third kappa shape index (κ3) is 5.85. The van der Waals surface area contributed by atoms with Gasteiger partial charge in [0.15, 0.2) is 18.1 Å². The van der Waals surface area contributed by atoms with Gasteiger partial charge in [0.05, 0.1) is 24.8 Å². The van der Waals surface area contributed by atoms with Crippen LogP contribution >= 0.6 is 11.6 Å². The molecule has 0 unspecified atom stereocenters. The second-order valence-electron chi connectivity index (χ2n) is 4.16. The van der Waals surface area contributed by atoms with E-state index in [4.69, 9.17) is 21.1 Å². The number of esters is 1. The van der Waals surface area contributed by atoms with E-state index in [1.54, 1.807) is 5.32 Å². The van der Waals surface area contributed by atoms with E-state index in [0.29, 0.717) is 0 Å². The zero-order valence-electron chi connectivity index (χ0n) is 12.1. The monoisotopic (exact) mass is 355 g/mol. The second-order valence-corrected chi connectivity index (χ2v) is 4.57. The molecule has 6 nitrogen and oxygen atoms in total. The van der Waals surface area contributed by atoms with Crippen LogP contribution in [-0.4, -0.2) is 45.4 Å². The summed E-state index contributed by atoms with van der Waals surface area (Å²) in [5.41, 5.74) is -0.0451. The maximum absolute atomic E-state index is 11.9. The minimum absolute atomic E-state index is 0.0451. The number of halogens is 4. The topological polar surface area (TPSA) is 73.9 Å². The SMILES string of the molecule is COc1cc(C(=O)OCC(=O)NCC(F)(F)F)cc(Cl)c1OC. The van der Waals surface area contributed by atoms with Gasteiger partial charge in [0.25, 0.3) is 5.91 Å². The molecule has 0 aliphatic rings. The van der Waals surface area contributed by atoms with Gasteiger partial charge in [0.1, 0.15) is 6.54 Å². The van der Waals surface area contributed by atoms with Crippen LogP contribution < -0.4 is 14.8 Å². The lowest BCUT2D eigenvalue weighted by atomic mass is 10.2. The maximum atomic E-state index is 11.9. The molecule has 0 bridgehead atoms. The largest absolute Gasteiger partial charge is 0.493 e. The Morgan fingerprint density at radius 1 is 1.22 bits per heavy atom. The van der Waals surface area contributed by atoms with E-state index < -0.39 is 31.2 Å². The van der Waals surface area contributed by atoms with Crippen molar-refractivity contribution in [2.75, 3.05) is 27.4 Å². The number of rotatable bonds is 6. The zero-order valence-corrected chi connectivity index (χ0v) is 12.9. The number of carbonyl (C=O) groups excluding carboxylic acids is 2. The van der Waals surface area contributed by atoms with Gasteiger partial charge in [-0.3, -0.25) is 4.79 Å². The third-order valence-corrected chi connectivity index (χ3v) is 2.77. The molecule has 0 atom stereocenters. The standard InChI is InChI=1S/C13H13ClF3NO5/c1-21-9-4-7(3-8(14)11(9)22-2)12(20)23-5-10(19)18-6-13(15,16)17/h3-4H,5-6H2,1-2H3,(H,18,19). The first-order valence-electron chi connectivity index (χ1n) is 6.10. The maximum Gasteiger partial charge on any atom is 0.405 e. The molecule has 23 heavy (non-hydrogen) atoms. The predicted octanol–water partition coefficient (Wildman–Crippen LogP) is 2.19. The van der Waals surface area contributed by atoms with Gasteiger partial charge in [-0.1, -0.05) is 11.6 Å². The van der Waals surface area contributed by atoms with Gasteiger partial charge in [0, 0.05) is 0 Å². The molecule has 1 rings (SSSR count). The summed E-state index contributed by atoms with van der Waals surface area (Å²) in [4.78, 5) is 22.9. The van der Waals surface area contributed by atoms with Crippen molar-refractivity contribution in [1.82, 2.24) is 5.32 Å². The Morgan fingerprint density at radius 2 is 1.87 bits per heavy atom. The summed E-state index contributed by atoms with van der Waals surface area (Å²) in [6.45, 7) is -2.37. The number of carbonyl (C=O) groups is 2. The van der Waals surface area contributed by atoms with Crippen LogP contribution in [0.4, 0.5) is 13.2 Å². The fourth-order valence-corrected chi connectivity index (χ4v) is 1.79. The second kappa shape index (κ2) is 7.91. The lowest BCUT2D eigenvalue weighted by Gasteiger charge is -2.12. The number of alkyl halides is 3. The van der Waals surface area contributed by atoms with Crippen LogP contribution in [0.1, 0.15) is 10.4 Å². The van der Waals surface area contributed by atoms with Crippen LogP contribution in [0.15, 0.2) is 12.1 Å². The van der Waals surface area contributed by atoms with Crippen molar-refractivity contribution < 1.29 is 37.0 Å². The summed E-state index contributed by atoms with van der Waals surface area (Å²) in [6, 6.07) is 2.49. The van der Waals surface area contributed by atoms with E-state index in [0.717, 1.165) is 0 Å². The van der Waals surface area contributed by atoms with Crippen molar-refractivity contribution in [3.63, 3.8) is 0 Å². The fourth-order valence-electron chi connectivity index (χ4n) is 1.50. The van der Waals surface area contributed by atoms with Crippen molar-refractivity contribution in [2.24, 2.45) is 0 Å². The van der Waals surface area contributed by atoms with Crippen molar-refractivity contribution in [3.8, 4) is 11.5 Å². The van der Waals surface area contributed by atoms with Gasteiger partial charge in [0.2, 0.25) is 0 Å². The summed E-state index contributed by atoms with van der Waals surface area (Å²) < 4.78 is 50.3. The summed E-state index contributed by atoms with van der Waals surface area (Å²) in [6.07, 6.45) is -4.55. The first-order valence-corrected chi connectivity index (χ1v) is 6.48. The quantitative estimate of drug-likeness (QED) is 0.792. The normalized spacial score (nSPS) is 10.9. The Balaban J connectivity index is 2.68. The highest BCUT2D eigenvalue weighted by atomic mass is 35.5. The highest BCUT2D eigenvalue weighted by Gasteiger charge is 2.28. The molecule has 1 N–H and O–H groups in total. The van der Waals surface area contributed by atoms with Crippen molar-refractivity contribution >= 4 is 23.5 Å². The fraction of sp³-hybridized carbons (Fsp3) is 0.385. The molecule has 0 saturated heterocycles. The molecule has 128 valence electrons. The first-order chi connectivity index (χ1) is 10.7. The van der Waals surface area contributed by atoms with Crippen molar-refractivity contribution in [1.29, 1.82) is 0 Å². The lowest BCUT2D eigenvalue weighted by molar-refractivity contribution is -0.140. The van der Waals surface area contributed by atoms with E-state index >= 15 is 0 Å². The Hall–Kier alpha value is -2.16. The zero-order chi connectivity index (χ0) is 17.6. The van der Waals surface area contributed by atoms with Crippen LogP contribution in [0, 0.1) is 0 Å². The average Bonchev–Trinajstić information content (AvgIpc) is 2.48. The highest BCUT2D eigenvalue weighted by molar-refractivity contribution is 6.32. The molecule has 1 aromatic carbocycles. The van der Waals surface area contributed by atoms with E-state index in [-0.39, 0.29) is 22.1 Å². The Labute approximate surface area is 134 Å². The number of ether oxygens (including phenoxy) is 3. The molecular weight excluding hydrogens is 343 g/mol. The van der Waals surface area contributed by atoms with Crippen molar-refractivity contribution in [2.45, 2.75) is 6.18 Å². The molecule has 1 aromatic rings. The van der Waals surface area contributed by atoms with Gasteiger partial charge in [-0.05, 0) is 12.1 Å². The number of methoxy groups -OCH3 is 2. The van der Waals surface area contributed by atoms with Crippen LogP contribution in [0.25, 0.3) is 0 Å². The lowest BCUT2D eigenvalue weighted by Crippen LogP contribution is -2.36. The Bertz CT molecular complexity index is 592. The number of hydrogen-bond donors (Lipinski definition) is 1. The first kappa shape index (κ1) is 18.9. The van der Waals surface area contributed by atoms with E-state index in [1.165, 1.54) is 26.4 Å². The van der Waals surface area contributed by atoms with E-state index in [2.05, 4.69) is 4.74 Å². The molecule has 0 aliphatic carbocycles. The van der Waals surface area contributed by atoms with Crippen molar-refractivity contribution in [3.05, 3.63) is 22.7 Å². The van der Waals surface area contributed by atoms with Gasteiger partial charge < -0.3 is 19.5 Å². The van der Waals surface area contributed by atoms with Crippen LogP contribution in [0.3, 0.4) is 0 Å². The Kier molecular flexibility index (Phi) is 6.49. The number of amides is 1. The molecule has 1 amide bonds. The molecule has 0 fully saturated rings. The molecular formula is C13H13ClF3NO5. The molecule has 0 aromatic heterocycles. The summed E-state index contributed by atoms with van der Waals surface area (Å²) in [5.74, 6) is -1.67. The van der Waals surface area contributed by atoms with Crippen LogP contribution in [-0.2, 0) is 9.53 Å². The van der Waals surface area contributed by atoms with Gasteiger partial charge in [-0.25, -0.2) is 4.79 Å². The highest BCUT2D eigenvalue weighted by Crippen LogP contribution is 2.36. The summed E-state index contributed by atoms with van der Waals surface area (Å²) in [7, 11) is 2.68. The minimum atomic E-state index is -4.55. The van der Waals surface area contributed by atoms with Gasteiger partial charge in [-0.2, -0.15) is 13.2 Å². The van der Waals surface area contributed by atoms with Crippen LogP contribution in [0.2, 0.25) is 5.02 Å². The third-order valence-electron chi connectivity index (χ3n) is 2.49. The van der Waals surface area contributed by atoms with E-state index in [9.17, 15) is 22.8 Å². The summed E-state index contributed by atoms with van der Waals surface area (Å²) in [5, 5.41) is 1.64. The predicted molar refractivity (Wildman–Crippen MR) is 73.9 cm³/mol. The average molecular weight is 356 g/mol. The molecule has 10 heteroatoms. The minimum Gasteiger partial charge on any atom is -0.493 e. The van der Waals surface area contributed by atoms with E-state index in [1.807, 2.05) is 0 Å². The van der Waals surface area contributed by atoms with Gasteiger partial charge >= 0.3 is 12.1 Å². The Morgan fingerprint density at radius 3 is 2.39 bits per heavy atom. The molecule has 0 radical (unpaired) electrons. The number of benzene rings is 1.